The maximum absolute atomic E-state index is 11.8. The average molecular weight is 309 g/mol. The lowest BCUT2D eigenvalue weighted by molar-refractivity contribution is -0.512. The van der Waals surface area contributed by atoms with Crippen molar-refractivity contribution < 1.29 is 9.72 Å². The number of carbonyl (C=O) groups is 1. The highest BCUT2D eigenvalue weighted by Crippen LogP contribution is 2.11. The molecular weight excluding hydrogens is 290 g/mol. The highest BCUT2D eigenvalue weighted by Gasteiger charge is 2.21. The summed E-state index contributed by atoms with van der Waals surface area (Å²) in [6, 6.07) is -0.147. The van der Waals surface area contributed by atoms with E-state index in [9.17, 15) is 19.8 Å². The smallest absolute Gasteiger partial charge is 0.271 e. The Balaban J connectivity index is 2.67. The van der Waals surface area contributed by atoms with Gasteiger partial charge in [-0.05, 0) is 31.6 Å². The second-order valence-electron chi connectivity index (χ2n) is 4.94. The van der Waals surface area contributed by atoms with Gasteiger partial charge in [0.05, 0.1) is 0 Å². The molecule has 0 saturated carbocycles. The quantitative estimate of drug-likeness (QED) is 0.326. The van der Waals surface area contributed by atoms with E-state index < -0.39 is 22.9 Å². The van der Waals surface area contributed by atoms with Gasteiger partial charge in [0.2, 0.25) is 6.04 Å². The summed E-state index contributed by atoms with van der Waals surface area (Å²) >= 11 is 0. The number of aromatic amines is 1. The molecular formula is C13H19N5O4. The predicted molar refractivity (Wildman–Crippen MR) is 80.1 cm³/mol. The molecule has 22 heavy (non-hydrogen) atoms. The first-order chi connectivity index (χ1) is 10.4. The van der Waals surface area contributed by atoms with Gasteiger partial charge in [0.25, 0.3) is 5.91 Å². The molecule has 1 aromatic rings. The second kappa shape index (κ2) is 8.01. The monoisotopic (exact) mass is 309 g/mol. The molecule has 0 spiro atoms. The van der Waals surface area contributed by atoms with Crippen LogP contribution in [0.1, 0.15) is 36.5 Å². The third-order valence-corrected chi connectivity index (χ3v) is 3.17. The van der Waals surface area contributed by atoms with E-state index in [0.717, 1.165) is 5.69 Å². The van der Waals surface area contributed by atoms with Crippen molar-refractivity contribution >= 4 is 5.91 Å². The molecule has 2 N–H and O–H groups in total. The van der Waals surface area contributed by atoms with Crippen molar-refractivity contribution in [2.45, 2.75) is 39.3 Å². The number of nitrogens with one attached hydrogen (secondary N) is 2. The summed E-state index contributed by atoms with van der Waals surface area (Å²) in [4.78, 5) is 33.1. The van der Waals surface area contributed by atoms with Crippen molar-refractivity contribution in [3.63, 3.8) is 0 Å². The number of hydrogen-bond donors (Lipinski definition) is 2. The first-order valence-electron chi connectivity index (χ1n) is 6.83. The van der Waals surface area contributed by atoms with Gasteiger partial charge < -0.3 is 5.32 Å². The van der Waals surface area contributed by atoms with Crippen molar-refractivity contribution in [1.29, 1.82) is 0 Å². The number of aryl methyl sites for hydroxylation is 1. The molecule has 0 aliphatic rings. The lowest BCUT2D eigenvalue weighted by Crippen LogP contribution is -2.31. The number of hydrogen-bond acceptors (Lipinski definition) is 6. The number of rotatable bonds is 8. The van der Waals surface area contributed by atoms with Gasteiger partial charge in [-0.25, -0.2) is 0 Å². The van der Waals surface area contributed by atoms with Crippen LogP contribution < -0.4 is 5.32 Å². The zero-order chi connectivity index (χ0) is 16.7. The van der Waals surface area contributed by atoms with Gasteiger partial charge in [0.1, 0.15) is 11.7 Å². The van der Waals surface area contributed by atoms with Crippen LogP contribution in [0.5, 0.6) is 0 Å². The molecule has 0 fully saturated rings. The molecule has 9 heteroatoms. The van der Waals surface area contributed by atoms with Crippen LogP contribution in [0.25, 0.3) is 0 Å². The fraction of sp³-hybridized carbons (Fsp3) is 0.538. The van der Waals surface area contributed by atoms with Gasteiger partial charge in [-0.1, -0.05) is 12.1 Å². The Kier molecular flexibility index (Phi) is 6.36. The minimum atomic E-state index is -0.863. The van der Waals surface area contributed by atoms with E-state index in [0.29, 0.717) is 12.0 Å². The molecule has 120 valence electrons. The summed E-state index contributed by atoms with van der Waals surface area (Å²) in [6.45, 7) is 4.98. The van der Waals surface area contributed by atoms with E-state index in [4.69, 9.17) is 0 Å². The van der Waals surface area contributed by atoms with Gasteiger partial charge in [-0.3, -0.25) is 20.0 Å². The number of nitroso groups, excluding NO2 is 1. The third-order valence-electron chi connectivity index (χ3n) is 3.17. The Morgan fingerprint density at radius 2 is 2.32 bits per heavy atom. The van der Waals surface area contributed by atoms with Gasteiger partial charge in [0.15, 0.2) is 0 Å². The third kappa shape index (κ3) is 4.76. The number of carbonyl (C=O) groups excluding carboxylic acids is 1. The molecule has 2 atom stereocenters. The Morgan fingerprint density at radius 3 is 2.77 bits per heavy atom. The summed E-state index contributed by atoms with van der Waals surface area (Å²) < 4.78 is 0. The van der Waals surface area contributed by atoms with Crippen molar-refractivity contribution in [3.05, 3.63) is 44.1 Å². The van der Waals surface area contributed by atoms with Gasteiger partial charge in [-0.2, -0.15) is 10.0 Å². The van der Waals surface area contributed by atoms with Gasteiger partial charge >= 0.3 is 0 Å². The number of amides is 1. The zero-order valence-corrected chi connectivity index (χ0v) is 12.7. The minimum absolute atomic E-state index is 0.0419. The van der Waals surface area contributed by atoms with Crippen molar-refractivity contribution in [1.82, 2.24) is 15.5 Å². The molecule has 0 aliphatic heterocycles. The summed E-state index contributed by atoms with van der Waals surface area (Å²) in [7, 11) is 0. The number of aromatic nitrogens is 2. The molecule has 1 heterocycles. The summed E-state index contributed by atoms with van der Waals surface area (Å²) in [5, 5.41) is 22.7. The van der Waals surface area contributed by atoms with Crippen LogP contribution in [0.3, 0.4) is 0 Å². The van der Waals surface area contributed by atoms with Crippen LogP contribution in [0, 0.1) is 21.9 Å². The average Bonchev–Trinajstić information content (AvgIpc) is 2.90. The normalized spacial score (nSPS) is 14.2. The molecule has 1 amide bonds. The SMILES string of the molecule is CCC(C(C)=CC(CNC(=O)c1cc(C)[nH]n1)N=O)[N+](=O)[O-]. The van der Waals surface area contributed by atoms with E-state index in [-0.39, 0.29) is 12.2 Å². The summed E-state index contributed by atoms with van der Waals surface area (Å²) in [5.41, 5.74) is 1.39. The highest BCUT2D eigenvalue weighted by atomic mass is 16.6. The van der Waals surface area contributed by atoms with E-state index in [1.54, 1.807) is 26.8 Å². The molecule has 9 nitrogen and oxygen atoms in total. The second-order valence-corrected chi connectivity index (χ2v) is 4.94. The Hall–Kier alpha value is -2.58. The van der Waals surface area contributed by atoms with Gasteiger partial charge in [0, 0.05) is 23.6 Å². The zero-order valence-electron chi connectivity index (χ0n) is 12.7. The topological polar surface area (TPSA) is 130 Å². The van der Waals surface area contributed by atoms with Gasteiger partial charge in [-0.15, -0.1) is 0 Å². The molecule has 1 aromatic heterocycles. The first-order valence-corrected chi connectivity index (χ1v) is 6.83. The molecule has 2 unspecified atom stereocenters. The molecule has 0 bridgehead atoms. The van der Waals surface area contributed by atoms with Crippen LogP contribution in [0.4, 0.5) is 0 Å². The largest absolute Gasteiger partial charge is 0.348 e. The highest BCUT2D eigenvalue weighted by molar-refractivity contribution is 5.92. The Labute approximate surface area is 127 Å². The summed E-state index contributed by atoms with van der Waals surface area (Å²) in [6.07, 6.45) is 1.74. The van der Waals surface area contributed by atoms with Crippen LogP contribution in [0.2, 0.25) is 0 Å². The van der Waals surface area contributed by atoms with E-state index in [1.165, 1.54) is 6.08 Å². The van der Waals surface area contributed by atoms with Crippen LogP contribution >= 0.6 is 0 Å². The molecule has 0 aromatic carbocycles. The Morgan fingerprint density at radius 1 is 1.64 bits per heavy atom. The molecule has 1 rings (SSSR count). The fourth-order valence-corrected chi connectivity index (χ4v) is 2.00. The minimum Gasteiger partial charge on any atom is -0.348 e. The standard InChI is InChI=1S/C13H19N5O4/c1-4-12(18(21)22)8(2)5-10(17-20)7-14-13(19)11-6-9(3)15-16-11/h5-6,10,12H,4,7H2,1-3H3,(H,14,19)(H,15,16). The number of H-pyrrole nitrogens is 1. The van der Waals surface area contributed by atoms with Crippen molar-refractivity contribution in [2.75, 3.05) is 6.54 Å². The molecule has 0 saturated heterocycles. The van der Waals surface area contributed by atoms with E-state index >= 15 is 0 Å². The maximum atomic E-state index is 11.8. The van der Waals surface area contributed by atoms with Crippen LogP contribution in [-0.4, -0.2) is 39.7 Å². The van der Waals surface area contributed by atoms with Crippen LogP contribution in [0.15, 0.2) is 22.9 Å². The van der Waals surface area contributed by atoms with Crippen molar-refractivity contribution in [2.24, 2.45) is 5.18 Å². The van der Waals surface area contributed by atoms with Crippen molar-refractivity contribution in [3.8, 4) is 0 Å². The predicted octanol–water partition coefficient (Wildman–Crippen LogP) is 1.58. The number of nitro groups is 1. The summed E-state index contributed by atoms with van der Waals surface area (Å²) in [5.74, 6) is -0.439. The van der Waals surface area contributed by atoms with Crippen LogP contribution in [-0.2, 0) is 0 Å². The Bertz CT molecular complexity index is 581. The lowest BCUT2D eigenvalue weighted by atomic mass is 10.0. The van der Waals surface area contributed by atoms with E-state index in [1.807, 2.05) is 0 Å². The maximum Gasteiger partial charge on any atom is 0.271 e. The lowest BCUT2D eigenvalue weighted by Gasteiger charge is -2.10. The molecule has 0 radical (unpaired) electrons. The molecule has 0 aliphatic carbocycles. The fourth-order valence-electron chi connectivity index (χ4n) is 2.00. The van der Waals surface area contributed by atoms with E-state index in [2.05, 4.69) is 20.7 Å². The number of nitrogens with zero attached hydrogens (tertiary/aromatic N) is 3. The first kappa shape index (κ1) is 17.5.